The number of Topliss-reactive ketones (excluding diaryl/α,β-unsaturated/α-hetero) is 1. The number of ether oxygens (including phenoxy) is 3. The Morgan fingerprint density at radius 3 is 2.10 bits per heavy atom. The zero-order chi connectivity index (χ0) is 36.6. The summed E-state index contributed by atoms with van der Waals surface area (Å²) in [5.74, 6) is 1.67. The van der Waals surface area contributed by atoms with Crippen LogP contribution >= 0.6 is 12.3 Å². The van der Waals surface area contributed by atoms with Crippen LogP contribution in [0.15, 0.2) is 83.3 Å². The Bertz CT molecular complexity index is 1650. The van der Waals surface area contributed by atoms with Crippen molar-refractivity contribution in [1.29, 1.82) is 0 Å². The number of rotatable bonds is 16. The Morgan fingerprint density at radius 1 is 0.900 bits per heavy atom. The van der Waals surface area contributed by atoms with Gasteiger partial charge in [-0.25, -0.2) is 19.5 Å². The third-order valence-electron chi connectivity index (χ3n) is 7.40. The van der Waals surface area contributed by atoms with E-state index in [9.17, 15) is 19.5 Å². The number of carbonyl (C=O) groups is 3. The molecular formula is C36H42N2O11S. The molecule has 1 amide bonds. The predicted molar refractivity (Wildman–Crippen MR) is 186 cm³/mol. The number of oxazole rings is 1. The minimum Gasteiger partial charge on any atom is -0.497 e. The Hall–Kier alpha value is -4.89. The summed E-state index contributed by atoms with van der Waals surface area (Å²) in [4.78, 5) is 45.4. The van der Waals surface area contributed by atoms with Gasteiger partial charge in [0.1, 0.15) is 35.2 Å². The molecule has 0 fully saturated rings. The number of aromatic nitrogens is 1. The number of carbonyl (C=O) groups excluding carboxylic acids is 2. The third-order valence-corrected chi connectivity index (χ3v) is 7.96. The van der Waals surface area contributed by atoms with E-state index in [0.29, 0.717) is 42.7 Å². The van der Waals surface area contributed by atoms with E-state index in [2.05, 4.69) is 14.2 Å². The minimum atomic E-state index is -1.14. The molecule has 1 aromatic heterocycles. The van der Waals surface area contributed by atoms with Crippen molar-refractivity contribution in [3.05, 3.63) is 95.9 Å². The fourth-order valence-corrected chi connectivity index (χ4v) is 4.71. The van der Waals surface area contributed by atoms with Gasteiger partial charge in [0.05, 0.1) is 32.6 Å². The fraction of sp³-hybridized carbons (Fsp3) is 0.333. The van der Waals surface area contributed by atoms with Crippen LogP contribution in [-0.4, -0.2) is 65.8 Å². The van der Waals surface area contributed by atoms with Gasteiger partial charge >= 0.3 is 12.1 Å². The van der Waals surface area contributed by atoms with Crippen LogP contribution in [0.4, 0.5) is 4.79 Å². The van der Waals surface area contributed by atoms with Gasteiger partial charge in [-0.05, 0) is 88.7 Å². The smallest absolute Gasteiger partial charge is 0.416 e. The van der Waals surface area contributed by atoms with Crippen molar-refractivity contribution in [2.75, 3.05) is 20.8 Å². The SMILES string of the molecule is COOSO[C@H](C)C(C)=O.COc1ccc(OC(=O)N([C@H](C)c2ccc(OCCc3nc(-c4ccccc4)oc3C)cc2)[C@@H](C)C(=O)O)cc1. The first-order valence-electron chi connectivity index (χ1n) is 15.6. The van der Waals surface area contributed by atoms with Crippen LogP contribution in [0.5, 0.6) is 17.2 Å². The maximum Gasteiger partial charge on any atom is 0.416 e. The van der Waals surface area contributed by atoms with E-state index in [1.54, 1.807) is 62.4 Å². The van der Waals surface area contributed by atoms with Crippen LogP contribution in [0.25, 0.3) is 11.5 Å². The number of carboxylic acids is 1. The van der Waals surface area contributed by atoms with Crippen LogP contribution < -0.4 is 14.2 Å². The first-order chi connectivity index (χ1) is 23.9. The summed E-state index contributed by atoms with van der Waals surface area (Å²) in [6.07, 6.45) is -0.660. The molecule has 0 spiro atoms. The largest absolute Gasteiger partial charge is 0.497 e. The second-order valence-corrected chi connectivity index (χ2v) is 11.3. The van der Waals surface area contributed by atoms with Crippen molar-refractivity contribution in [2.24, 2.45) is 0 Å². The number of methoxy groups -OCH3 is 1. The van der Waals surface area contributed by atoms with E-state index in [0.717, 1.165) is 22.6 Å². The van der Waals surface area contributed by atoms with Crippen molar-refractivity contribution >= 4 is 30.2 Å². The molecule has 0 aliphatic carbocycles. The average molecular weight is 711 g/mol. The molecule has 3 atom stereocenters. The van der Waals surface area contributed by atoms with Crippen molar-refractivity contribution in [3.63, 3.8) is 0 Å². The van der Waals surface area contributed by atoms with Crippen LogP contribution in [0.3, 0.4) is 0 Å². The second-order valence-electron chi connectivity index (χ2n) is 10.8. The third kappa shape index (κ3) is 11.9. The molecule has 13 nitrogen and oxygen atoms in total. The van der Waals surface area contributed by atoms with Gasteiger partial charge in [0, 0.05) is 12.0 Å². The Labute approximate surface area is 295 Å². The summed E-state index contributed by atoms with van der Waals surface area (Å²) in [5.41, 5.74) is 2.48. The summed E-state index contributed by atoms with van der Waals surface area (Å²) in [6, 6.07) is 21.7. The number of amides is 1. The van der Waals surface area contributed by atoms with Gasteiger partial charge in [0.15, 0.2) is 18.1 Å². The van der Waals surface area contributed by atoms with Crippen LogP contribution in [-0.2, 0) is 29.4 Å². The second kappa shape index (κ2) is 19.9. The van der Waals surface area contributed by atoms with E-state index in [1.165, 1.54) is 33.0 Å². The highest BCUT2D eigenvalue weighted by Crippen LogP contribution is 2.28. The van der Waals surface area contributed by atoms with E-state index in [-0.39, 0.29) is 11.5 Å². The summed E-state index contributed by atoms with van der Waals surface area (Å²) in [7, 11) is 2.89. The van der Waals surface area contributed by atoms with E-state index >= 15 is 0 Å². The van der Waals surface area contributed by atoms with Gasteiger partial charge in [-0.3, -0.25) is 13.9 Å². The van der Waals surface area contributed by atoms with Gasteiger partial charge in [0.25, 0.3) is 0 Å². The zero-order valence-corrected chi connectivity index (χ0v) is 29.8. The number of nitrogens with zero attached hydrogens (tertiary/aromatic N) is 2. The lowest BCUT2D eigenvalue weighted by Crippen LogP contribution is -2.46. The number of ketones is 1. The van der Waals surface area contributed by atoms with Crippen molar-refractivity contribution < 1.29 is 51.5 Å². The number of carboxylic acid groups (broad SMARTS) is 1. The zero-order valence-electron chi connectivity index (χ0n) is 29.0. The first-order valence-corrected chi connectivity index (χ1v) is 16.3. The summed E-state index contributed by atoms with van der Waals surface area (Å²) < 4.78 is 31.4. The molecule has 4 rings (SSSR count). The topological polar surface area (TPSA) is 156 Å². The lowest BCUT2D eigenvalue weighted by atomic mass is 10.1. The molecule has 4 aromatic rings. The number of hydrogen-bond donors (Lipinski definition) is 1. The molecule has 3 aromatic carbocycles. The molecule has 0 saturated heterocycles. The maximum atomic E-state index is 13.1. The summed E-state index contributed by atoms with van der Waals surface area (Å²) >= 11 is 0.647. The Balaban J connectivity index is 0.000000588. The molecule has 268 valence electrons. The van der Waals surface area contributed by atoms with Gasteiger partial charge in [-0.15, -0.1) is 4.33 Å². The highest BCUT2D eigenvalue weighted by molar-refractivity contribution is 7.89. The quantitative estimate of drug-likeness (QED) is 0.0530. The van der Waals surface area contributed by atoms with Crippen LogP contribution in [0.2, 0.25) is 0 Å². The molecular weight excluding hydrogens is 668 g/mol. The van der Waals surface area contributed by atoms with Crippen LogP contribution in [0.1, 0.15) is 50.8 Å². The minimum absolute atomic E-state index is 0.0489. The van der Waals surface area contributed by atoms with Gasteiger partial charge in [-0.2, -0.15) is 0 Å². The Morgan fingerprint density at radius 2 is 1.52 bits per heavy atom. The van der Waals surface area contributed by atoms with E-state index in [4.69, 9.17) is 22.8 Å². The molecule has 0 radical (unpaired) electrons. The first kappa shape index (κ1) is 39.5. The number of aliphatic carboxylic acids is 1. The van der Waals surface area contributed by atoms with Crippen molar-refractivity contribution in [3.8, 4) is 28.7 Å². The molecule has 0 aliphatic heterocycles. The number of hydrogen-bond acceptors (Lipinski definition) is 12. The van der Waals surface area contributed by atoms with Gasteiger partial charge in [0.2, 0.25) is 5.89 Å². The Kier molecular flexibility index (Phi) is 15.8. The predicted octanol–water partition coefficient (Wildman–Crippen LogP) is 7.44. The highest BCUT2D eigenvalue weighted by atomic mass is 32.2. The summed E-state index contributed by atoms with van der Waals surface area (Å²) in [5, 5.41) is 9.65. The van der Waals surface area contributed by atoms with Gasteiger partial charge < -0.3 is 23.7 Å². The molecule has 1 N–H and O–H groups in total. The summed E-state index contributed by atoms with van der Waals surface area (Å²) in [6.45, 7) is 8.55. The molecule has 0 bridgehead atoms. The lowest BCUT2D eigenvalue weighted by molar-refractivity contribution is -0.168. The number of benzene rings is 3. The van der Waals surface area contributed by atoms with E-state index < -0.39 is 30.3 Å². The van der Waals surface area contributed by atoms with Crippen molar-refractivity contribution in [1.82, 2.24) is 9.88 Å². The monoisotopic (exact) mass is 710 g/mol. The molecule has 0 unspecified atom stereocenters. The normalized spacial score (nSPS) is 12.5. The van der Waals surface area contributed by atoms with Crippen molar-refractivity contribution in [2.45, 2.75) is 59.2 Å². The number of aryl methyl sites for hydroxylation is 1. The molecule has 0 aliphatic rings. The lowest BCUT2D eigenvalue weighted by Gasteiger charge is -2.31. The van der Waals surface area contributed by atoms with Crippen LogP contribution in [0, 0.1) is 6.92 Å². The molecule has 50 heavy (non-hydrogen) atoms. The average Bonchev–Trinajstić information content (AvgIpc) is 3.49. The van der Waals surface area contributed by atoms with E-state index in [1.807, 2.05) is 37.3 Å². The highest BCUT2D eigenvalue weighted by Gasteiger charge is 2.32. The fourth-order valence-electron chi connectivity index (χ4n) is 4.37. The standard InChI is InChI=1S/C31H32N2O7.C5H10O4S/c1-20(33(21(2)30(34)35)31(36)40-27-16-14-25(37-4)15-17-27)23-10-12-26(13-11-23)38-19-18-28-22(3)39-29(32-28)24-8-6-5-7-9-24;1-4(6)5(2)8-10-9-7-3/h5-17,20-21H,18-19H2,1-4H3,(H,34,35);5H,1-3H3/t20-,21+;5-/m11/s1. The molecule has 0 saturated carbocycles. The van der Waals surface area contributed by atoms with Gasteiger partial charge in [-0.1, -0.05) is 30.3 Å². The maximum absolute atomic E-state index is 13.1. The molecule has 1 heterocycles. The molecule has 14 heteroatoms.